The summed E-state index contributed by atoms with van der Waals surface area (Å²) in [4.78, 5) is 17.0. The minimum absolute atomic E-state index is 0.0407. The number of benzene rings is 2. The summed E-state index contributed by atoms with van der Waals surface area (Å²) in [6, 6.07) is 15.2. The van der Waals surface area contributed by atoms with Gasteiger partial charge in [0.25, 0.3) is 5.69 Å². The Morgan fingerprint density at radius 1 is 0.968 bits per heavy atom. The minimum Gasteiger partial charge on any atom is -0.330 e. The molecule has 0 unspecified atom stereocenters. The molecule has 0 saturated carbocycles. The van der Waals surface area contributed by atoms with Crippen LogP contribution in [0.2, 0.25) is 0 Å². The SMILES string of the molecule is O=[N+]([O-])c1cccc(S(=O)(=O)N2CCN(CCn3ccnc3-c3ccccc3)CC2)c1. The van der Waals surface area contributed by atoms with E-state index in [0.717, 1.165) is 30.5 Å². The summed E-state index contributed by atoms with van der Waals surface area (Å²) in [6.07, 6.45) is 3.73. The standard InChI is InChI=1S/C21H23N5O4S/c27-26(28)19-7-4-8-20(17-19)31(29,30)25-15-12-23(13-16-25)11-14-24-10-9-22-21(24)18-5-2-1-3-6-18/h1-10,17H,11-16H2. The van der Waals surface area contributed by atoms with Gasteiger partial charge in [0.1, 0.15) is 5.82 Å². The van der Waals surface area contributed by atoms with Crippen LogP contribution >= 0.6 is 0 Å². The van der Waals surface area contributed by atoms with Crippen LogP contribution in [-0.4, -0.2) is 64.8 Å². The zero-order chi connectivity index (χ0) is 21.8. The van der Waals surface area contributed by atoms with Gasteiger partial charge in [0.2, 0.25) is 10.0 Å². The van der Waals surface area contributed by atoms with Gasteiger partial charge in [-0.3, -0.25) is 15.0 Å². The van der Waals surface area contributed by atoms with E-state index >= 15 is 0 Å². The van der Waals surface area contributed by atoms with Crippen molar-refractivity contribution >= 4 is 15.7 Å². The molecule has 0 spiro atoms. The van der Waals surface area contributed by atoms with Crippen LogP contribution in [0.15, 0.2) is 71.9 Å². The Kier molecular flexibility index (Phi) is 6.12. The lowest BCUT2D eigenvalue weighted by atomic mass is 10.2. The molecule has 162 valence electrons. The lowest BCUT2D eigenvalue weighted by Crippen LogP contribution is -2.49. The molecule has 3 aromatic rings. The number of rotatable bonds is 7. The van der Waals surface area contributed by atoms with Gasteiger partial charge in [-0.2, -0.15) is 4.31 Å². The predicted octanol–water partition coefficient (Wildman–Crippen LogP) is 2.46. The van der Waals surface area contributed by atoms with E-state index in [1.54, 1.807) is 6.20 Å². The lowest BCUT2D eigenvalue weighted by molar-refractivity contribution is -0.385. The highest BCUT2D eigenvalue weighted by atomic mass is 32.2. The molecule has 0 radical (unpaired) electrons. The van der Waals surface area contributed by atoms with E-state index in [1.165, 1.54) is 22.5 Å². The number of hydrogen-bond acceptors (Lipinski definition) is 6. The largest absolute Gasteiger partial charge is 0.330 e. The Labute approximate surface area is 180 Å². The number of nitro groups is 1. The van der Waals surface area contributed by atoms with E-state index in [4.69, 9.17) is 0 Å². The quantitative estimate of drug-likeness (QED) is 0.412. The van der Waals surface area contributed by atoms with Crippen molar-refractivity contribution in [3.05, 3.63) is 77.1 Å². The highest BCUT2D eigenvalue weighted by Crippen LogP contribution is 2.22. The first-order valence-electron chi connectivity index (χ1n) is 9.99. The normalized spacial score (nSPS) is 15.7. The second-order valence-corrected chi connectivity index (χ2v) is 9.25. The Morgan fingerprint density at radius 2 is 1.71 bits per heavy atom. The molecule has 0 N–H and O–H groups in total. The summed E-state index contributed by atoms with van der Waals surface area (Å²) in [5.74, 6) is 0.910. The van der Waals surface area contributed by atoms with E-state index in [0.29, 0.717) is 26.2 Å². The third kappa shape index (κ3) is 4.66. The molecule has 0 bridgehead atoms. The molecular formula is C21H23N5O4S. The summed E-state index contributed by atoms with van der Waals surface area (Å²) in [6.45, 7) is 3.43. The van der Waals surface area contributed by atoms with Gasteiger partial charge in [0, 0.05) is 69.4 Å². The maximum Gasteiger partial charge on any atom is 0.270 e. The van der Waals surface area contributed by atoms with Crippen LogP contribution in [0.5, 0.6) is 0 Å². The number of imidazole rings is 1. The first kappa shape index (κ1) is 21.2. The van der Waals surface area contributed by atoms with Crippen LogP contribution in [0, 0.1) is 10.1 Å². The first-order valence-corrected chi connectivity index (χ1v) is 11.4. The maximum atomic E-state index is 12.9. The van der Waals surface area contributed by atoms with Crippen molar-refractivity contribution in [3.8, 4) is 11.4 Å². The molecule has 1 fully saturated rings. The third-order valence-corrected chi connectivity index (χ3v) is 7.30. The summed E-state index contributed by atoms with van der Waals surface area (Å²) in [7, 11) is -3.76. The summed E-state index contributed by atoms with van der Waals surface area (Å²) >= 11 is 0. The average Bonchev–Trinajstić information content (AvgIpc) is 3.27. The molecule has 1 aliphatic heterocycles. The summed E-state index contributed by atoms with van der Waals surface area (Å²) in [5, 5.41) is 11.0. The van der Waals surface area contributed by atoms with Crippen LogP contribution in [0.3, 0.4) is 0 Å². The zero-order valence-corrected chi connectivity index (χ0v) is 17.7. The van der Waals surface area contributed by atoms with Gasteiger partial charge in [-0.05, 0) is 6.07 Å². The molecule has 4 rings (SSSR count). The van der Waals surface area contributed by atoms with Crippen molar-refractivity contribution in [3.63, 3.8) is 0 Å². The van der Waals surface area contributed by atoms with Crippen molar-refractivity contribution < 1.29 is 13.3 Å². The van der Waals surface area contributed by atoms with Gasteiger partial charge in [-0.25, -0.2) is 13.4 Å². The van der Waals surface area contributed by atoms with E-state index in [2.05, 4.69) is 14.5 Å². The molecule has 0 amide bonds. The fourth-order valence-electron chi connectivity index (χ4n) is 3.69. The molecule has 9 nitrogen and oxygen atoms in total. The molecule has 1 aromatic heterocycles. The fraction of sp³-hybridized carbons (Fsp3) is 0.286. The molecule has 2 heterocycles. The molecule has 1 aliphatic rings. The van der Waals surface area contributed by atoms with Crippen molar-refractivity contribution in [2.45, 2.75) is 11.4 Å². The number of nitrogens with zero attached hydrogens (tertiary/aromatic N) is 5. The van der Waals surface area contributed by atoms with Crippen LogP contribution in [0.4, 0.5) is 5.69 Å². The van der Waals surface area contributed by atoms with Gasteiger partial charge in [0.15, 0.2) is 0 Å². The topological polar surface area (TPSA) is 102 Å². The smallest absolute Gasteiger partial charge is 0.270 e. The van der Waals surface area contributed by atoms with Gasteiger partial charge in [-0.1, -0.05) is 36.4 Å². The van der Waals surface area contributed by atoms with Crippen molar-refractivity contribution in [1.29, 1.82) is 0 Å². The van der Waals surface area contributed by atoms with E-state index in [1.807, 2.05) is 36.5 Å². The van der Waals surface area contributed by atoms with Gasteiger partial charge < -0.3 is 4.57 Å². The second-order valence-electron chi connectivity index (χ2n) is 7.31. The van der Waals surface area contributed by atoms with E-state index < -0.39 is 14.9 Å². The van der Waals surface area contributed by atoms with Crippen molar-refractivity contribution in [2.24, 2.45) is 0 Å². The minimum atomic E-state index is -3.76. The number of non-ortho nitro benzene ring substituents is 1. The monoisotopic (exact) mass is 441 g/mol. The second kappa shape index (κ2) is 8.96. The Bertz CT molecular complexity index is 1160. The number of aromatic nitrogens is 2. The molecular weight excluding hydrogens is 418 g/mol. The molecule has 0 atom stereocenters. The van der Waals surface area contributed by atoms with E-state index in [9.17, 15) is 18.5 Å². The van der Waals surface area contributed by atoms with Gasteiger partial charge in [0.05, 0.1) is 9.82 Å². The van der Waals surface area contributed by atoms with Crippen LogP contribution in [0.25, 0.3) is 11.4 Å². The van der Waals surface area contributed by atoms with Crippen LogP contribution < -0.4 is 0 Å². The molecule has 1 saturated heterocycles. The summed E-state index contributed by atoms with van der Waals surface area (Å²) < 4.78 is 29.3. The number of piperazine rings is 1. The van der Waals surface area contributed by atoms with Gasteiger partial charge >= 0.3 is 0 Å². The maximum absolute atomic E-state index is 12.9. The predicted molar refractivity (Wildman–Crippen MR) is 116 cm³/mol. The zero-order valence-electron chi connectivity index (χ0n) is 16.9. The third-order valence-electron chi connectivity index (χ3n) is 5.40. The van der Waals surface area contributed by atoms with Crippen molar-refractivity contribution in [2.75, 3.05) is 32.7 Å². The molecule has 0 aliphatic carbocycles. The van der Waals surface area contributed by atoms with E-state index in [-0.39, 0.29) is 10.6 Å². The van der Waals surface area contributed by atoms with Crippen molar-refractivity contribution in [1.82, 2.24) is 18.8 Å². The highest BCUT2D eigenvalue weighted by Gasteiger charge is 2.29. The van der Waals surface area contributed by atoms with Crippen LogP contribution in [0.1, 0.15) is 0 Å². The Morgan fingerprint density at radius 3 is 2.42 bits per heavy atom. The summed E-state index contributed by atoms with van der Waals surface area (Å²) in [5.41, 5.74) is 0.828. The lowest BCUT2D eigenvalue weighted by Gasteiger charge is -2.34. The first-order chi connectivity index (χ1) is 14.9. The average molecular weight is 442 g/mol. The highest BCUT2D eigenvalue weighted by molar-refractivity contribution is 7.89. The number of hydrogen-bond donors (Lipinski definition) is 0. The molecule has 10 heteroatoms. The molecule has 2 aromatic carbocycles. The Balaban J connectivity index is 1.36. The number of nitro benzene ring substituents is 1. The van der Waals surface area contributed by atoms with Gasteiger partial charge in [-0.15, -0.1) is 0 Å². The van der Waals surface area contributed by atoms with Crippen LogP contribution in [-0.2, 0) is 16.6 Å². The molecule has 31 heavy (non-hydrogen) atoms. The number of sulfonamides is 1. The Hall–Kier alpha value is -3.08. The fourth-order valence-corrected chi connectivity index (χ4v) is 5.15.